The highest BCUT2D eigenvalue weighted by molar-refractivity contribution is 7.09. The van der Waals surface area contributed by atoms with Gasteiger partial charge in [0.1, 0.15) is 0 Å². The molecule has 3 heteroatoms. The Morgan fingerprint density at radius 1 is 0.800 bits per heavy atom. The summed E-state index contributed by atoms with van der Waals surface area (Å²) in [6.07, 6.45) is 33.6. The molecule has 0 unspecified atom stereocenters. The molecule has 0 fully saturated rings. The Balaban J connectivity index is 1.94. The third-order valence-corrected chi connectivity index (χ3v) is 5.05. The van der Waals surface area contributed by atoms with Gasteiger partial charge < -0.3 is 5.32 Å². The van der Waals surface area contributed by atoms with Crippen LogP contribution >= 0.6 is 11.3 Å². The monoisotopic (exact) mass is 423 g/mol. The maximum absolute atomic E-state index is 11.7. The van der Waals surface area contributed by atoms with Gasteiger partial charge in [-0.15, -0.1) is 11.3 Å². The molecule has 1 amide bonds. The summed E-state index contributed by atoms with van der Waals surface area (Å²) in [4.78, 5) is 12.9. The van der Waals surface area contributed by atoms with Gasteiger partial charge in [0, 0.05) is 11.3 Å². The van der Waals surface area contributed by atoms with Crippen LogP contribution in [-0.4, -0.2) is 5.91 Å². The van der Waals surface area contributed by atoms with E-state index in [1.807, 2.05) is 17.5 Å². The summed E-state index contributed by atoms with van der Waals surface area (Å²) in [6, 6.07) is 4.04. The number of amides is 1. The fourth-order valence-corrected chi connectivity index (χ4v) is 3.19. The molecule has 1 aromatic rings. The summed E-state index contributed by atoms with van der Waals surface area (Å²) in [5, 5.41) is 4.98. The Morgan fingerprint density at radius 3 is 1.77 bits per heavy atom. The van der Waals surface area contributed by atoms with Gasteiger partial charge in [-0.3, -0.25) is 4.79 Å². The quantitative estimate of drug-likeness (QED) is 0.270. The molecule has 0 saturated carbocycles. The van der Waals surface area contributed by atoms with Gasteiger partial charge in [-0.1, -0.05) is 85.9 Å². The summed E-state index contributed by atoms with van der Waals surface area (Å²) < 4.78 is 0. The normalized spacial score (nSPS) is 12.7. The van der Waals surface area contributed by atoms with E-state index in [0.29, 0.717) is 13.0 Å². The Labute approximate surface area is 187 Å². The lowest BCUT2D eigenvalue weighted by Crippen LogP contribution is -2.21. The van der Waals surface area contributed by atoms with E-state index in [0.717, 1.165) is 44.9 Å². The van der Waals surface area contributed by atoms with Gasteiger partial charge in [0.25, 0.3) is 0 Å². The number of carbonyl (C=O) groups excluding carboxylic acids is 1. The summed E-state index contributed by atoms with van der Waals surface area (Å²) in [5.41, 5.74) is 0. The third-order valence-electron chi connectivity index (χ3n) is 4.17. The summed E-state index contributed by atoms with van der Waals surface area (Å²) in [7, 11) is 0. The number of thiophene rings is 1. The van der Waals surface area contributed by atoms with Crippen molar-refractivity contribution in [1.82, 2.24) is 5.32 Å². The van der Waals surface area contributed by atoms with Crippen LogP contribution in [0.1, 0.15) is 63.2 Å². The second kappa shape index (κ2) is 19.9. The molecule has 0 spiro atoms. The summed E-state index contributed by atoms with van der Waals surface area (Å²) in [6.45, 7) is 2.79. The van der Waals surface area contributed by atoms with Crippen molar-refractivity contribution in [2.45, 2.75) is 64.8 Å². The highest BCUT2D eigenvalue weighted by atomic mass is 32.1. The van der Waals surface area contributed by atoms with E-state index in [9.17, 15) is 4.79 Å². The van der Waals surface area contributed by atoms with E-state index in [1.54, 1.807) is 11.3 Å². The Hall–Kier alpha value is -2.39. The molecule has 0 atom stereocenters. The first-order valence-electron chi connectivity index (χ1n) is 11.0. The van der Waals surface area contributed by atoms with Crippen molar-refractivity contribution in [3.8, 4) is 0 Å². The van der Waals surface area contributed by atoms with Crippen molar-refractivity contribution in [3.05, 3.63) is 95.3 Å². The molecule has 1 aromatic heterocycles. The predicted octanol–water partition coefficient (Wildman–Crippen LogP) is 7.84. The molecule has 1 heterocycles. The molecule has 162 valence electrons. The molecular formula is C27H37NOS. The van der Waals surface area contributed by atoms with E-state index in [2.05, 4.69) is 85.2 Å². The number of hydrogen-bond acceptors (Lipinski definition) is 2. The largest absolute Gasteiger partial charge is 0.351 e. The Morgan fingerprint density at radius 2 is 1.30 bits per heavy atom. The van der Waals surface area contributed by atoms with Gasteiger partial charge in [-0.2, -0.15) is 0 Å². The van der Waals surface area contributed by atoms with Gasteiger partial charge in [-0.05, 0) is 56.4 Å². The molecule has 1 N–H and O–H groups in total. The average Bonchev–Trinajstić information content (AvgIpc) is 3.27. The molecule has 1 rings (SSSR count). The highest BCUT2D eigenvalue weighted by Crippen LogP contribution is 2.07. The standard InChI is InChI=1S/C27H37NOS/c1-2-3-4-5-6-7-8-9-10-11-12-13-14-15-16-17-18-19-20-23-27(29)28-25-26-22-21-24-30-26/h3-4,6-7,9-10,12-13,15-16,18-19,21-22,24H,2,5,8,11,14,17,20,23,25H2,1H3,(H,28,29)/b4-3+,7-6+,10-9+,13-12+,16-15+,19-18+. The van der Waals surface area contributed by atoms with E-state index in [1.165, 1.54) is 4.88 Å². The molecule has 0 aliphatic carbocycles. The van der Waals surface area contributed by atoms with Gasteiger partial charge >= 0.3 is 0 Å². The van der Waals surface area contributed by atoms with Crippen LogP contribution in [0.15, 0.2) is 90.4 Å². The van der Waals surface area contributed by atoms with Crippen molar-refractivity contribution >= 4 is 17.2 Å². The second-order valence-corrected chi connectivity index (χ2v) is 7.84. The lowest BCUT2D eigenvalue weighted by Gasteiger charge is -2.01. The molecule has 0 aliphatic heterocycles. The third kappa shape index (κ3) is 16.6. The number of rotatable bonds is 16. The fourth-order valence-electron chi connectivity index (χ4n) is 2.54. The van der Waals surface area contributed by atoms with Crippen LogP contribution < -0.4 is 5.32 Å². The zero-order valence-electron chi connectivity index (χ0n) is 18.3. The molecule has 0 aliphatic rings. The van der Waals surface area contributed by atoms with Crippen molar-refractivity contribution in [2.24, 2.45) is 0 Å². The predicted molar refractivity (Wildman–Crippen MR) is 134 cm³/mol. The maximum Gasteiger partial charge on any atom is 0.220 e. The molecule has 0 saturated heterocycles. The molecule has 2 nitrogen and oxygen atoms in total. The van der Waals surface area contributed by atoms with Gasteiger partial charge in [-0.25, -0.2) is 0 Å². The van der Waals surface area contributed by atoms with Gasteiger partial charge in [0.15, 0.2) is 0 Å². The molecule has 0 bridgehead atoms. The Bertz CT molecular complexity index is 705. The van der Waals surface area contributed by atoms with Crippen molar-refractivity contribution < 1.29 is 4.79 Å². The number of carbonyl (C=O) groups is 1. The van der Waals surface area contributed by atoms with Crippen LogP contribution in [0, 0.1) is 0 Å². The zero-order chi connectivity index (χ0) is 21.5. The van der Waals surface area contributed by atoms with Gasteiger partial charge in [0.2, 0.25) is 5.91 Å². The zero-order valence-corrected chi connectivity index (χ0v) is 19.2. The first kappa shape index (κ1) is 25.6. The molecule has 0 radical (unpaired) electrons. The van der Waals surface area contributed by atoms with Crippen LogP contribution in [0.5, 0.6) is 0 Å². The van der Waals surface area contributed by atoms with Crippen molar-refractivity contribution in [2.75, 3.05) is 0 Å². The van der Waals surface area contributed by atoms with Crippen LogP contribution in [-0.2, 0) is 11.3 Å². The minimum Gasteiger partial charge on any atom is -0.351 e. The van der Waals surface area contributed by atoms with Crippen LogP contribution in [0.2, 0.25) is 0 Å². The number of allylic oxidation sites excluding steroid dienone is 12. The second-order valence-electron chi connectivity index (χ2n) is 6.81. The van der Waals surface area contributed by atoms with Gasteiger partial charge in [0.05, 0.1) is 6.54 Å². The van der Waals surface area contributed by atoms with E-state index >= 15 is 0 Å². The molecular weight excluding hydrogens is 386 g/mol. The van der Waals surface area contributed by atoms with Crippen LogP contribution in [0.3, 0.4) is 0 Å². The summed E-state index contributed by atoms with van der Waals surface area (Å²) in [5.74, 6) is 0.114. The van der Waals surface area contributed by atoms with E-state index in [-0.39, 0.29) is 5.91 Å². The Kier molecular flexibility index (Phi) is 17.0. The average molecular weight is 424 g/mol. The molecule has 0 aromatic carbocycles. The first-order chi connectivity index (χ1) is 14.8. The van der Waals surface area contributed by atoms with Crippen molar-refractivity contribution in [3.63, 3.8) is 0 Å². The highest BCUT2D eigenvalue weighted by Gasteiger charge is 1.99. The summed E-state index contributed by atoms with van der Waals surface area (Å²) >= 11 is 1.67. The number of hydrogen-bond donors (Lipinski definition) is 1. The maximum atomic E-state index is 11.7. The SMILES string of the molecule is CC/C=C/C/C=C/C/C=C/C/C=C/C/C=C/C/C=C/CCC(=O)NCc1cccs1. The lowest BCUT2D eigenvalue weighted by atomic mass is 10.2. The minimum absolute atomic E-state index is 0.114. The fraction of sp³-hybridized carbons (Fsp3) is 0.370. The minimum atomic E-state index is 0.114. The van der Waals surface area contributed by atoms with E-state index < -0.39 is 0 Å². The smallest absolute Gasteiger partial charge is 0.220 e. The van der Waals surface area contributed by atoms with Crippen LogP contribution in [0.25, 0.3) is 0 Å². The van der Waals surface area contributed by atoms with Crippen molar-refractivity contribution in [1.29, 1.82) is 0 Å². The van der Waals surface area contributed by atoms with E-state index in [4.69, 9.17) is 0 Å². The molecule has 30 heavy (non-hydrogen) atoms. The number of nitrogens with one attached hydrogen (secondary N) is 1. The first-order valence-corrected chi connectivity index (χ1v) is 11.9. The lowest BCUT2D eigenvalue weighted by molar-refractivity contribution is -0.121. The van der Waals surface area contributed by atoms with Crippen LogP contribution in [0.4, 0.5) is 0 Å². The topological polar surface area (TPSA) is 29.1 Å².